The molecule has 1 rings (SSSR count). The molecule has 6 nitrogen and oxygen atoms in total. The lowest BCUT2D eigenvalue weighted by Gasteiger charge is -2.21. The summed E-state index contributed by atoms with van der Waals surface area (Å²) in [6.07, 6.45) is 1.46. The number of hydrogen-bond acceptors (Lipinski definition) is 6. The summed E-state index contributed by atoms with van der Waals surface area (Å²) in [5.41, 5.74) is 6.37. The summed E-state index contributed by atoms with van der Waals surface area (Å²) in [5.74, 6) is 1.12. The molecule has 0 atom stereocenters. The average Bonchev–Trinajstić information content (AvgIpc) is 2.26. The molecule has 1 heterocycles. The zero-order chi connectivity index (χ0) is 12.1. The van der Waals surface area contributed by atoms with Crippen LogP contribution in [0.4, 0.5) is 11.5 Å². The Morgan fingerprint density at radius 3 is 2.50 bits per heavy atom. The minimum atomic E-state index is 0.418. The standard InChI is InChI=1S/C10H19N5O/c1-14(2)5-6-15(3)9-8(11)10(16-4)13-7-12-9/h7H,5-6,11H2,1-4H3. The van der Waals surface area contributed by atoms with Gasteiger partial charge in [0.25, 0.3) is 0 Å². The van der Waals surface area contributed by atoms with Crippen LogP contribution in [0.3, 0.4) is 0 Å². The van der Waals surface area contributed by atoms with E-state index in [4.69, 9.17) is 10.5 Å². The largest absolute Gasteiger partial charge is 0.479 e. The molecule has 0 aliphatic carbocycles. The van der Waals surface area contributed by atoms with E-state index in [-0.39, 0.29) is 0 Å². The maximum absolute atomic E-state index is 5.90. The van der Waals surface area contributed by atoms with Gasteiger partial charge in [-0.1, -0.05) is 0 Å². The number of nitrogens with two attached hydrogens (primary N) is 1. The summed E-state index contributed by atoms with van der Waals surface area (Å²) in [6.45, 7) is 1.78. The molecule has 0 unspecified atom stereocenters. The highest BCUT2D eigenvalue weighted by Crippen LogP contribution is 2.26. The smallest absolute Gasteiger partial charge is 0.242 e. The highest BCUT2D eigenvalue weighted by molar-refractivity contribution is 5.67. The monoisotopic (exact) mass is 225 g/mol. The molecular formula is C10H19N5O. The maximum atomic E-state index is 5.90. The highest BCUT2D eigenvalue weighted by atomic mass is 16.5. The van der Waals surface area contributed by atoms with Crippen molar-refractivity contribution in [2.75, 3.05) is 52.0 Å². The summed E-state index contributed by atoms with van der Waals surface area (Å²) in [7, 11) is 7.54. The van der Waals surface area contributed by atoms with Gasteiger partial charge in [0.05, 0.1) is 7.11 Å². The van der Waals surface area contributed by atoms with E-state index in [2.05, 4.69) is 14.9 Å². The van der Waals surface area contributed by atoms with E-state index in [1.165, 1.54) is 6.33 Å². The fourth-order valence-corrected chi connectivity index (χ4v) is 1.29. The Kier molecular flexibility index (Phi) is 4.30. The van der Waals surface area contributed by atoms with Crippen molar-refractivity contribution < 1.29 is 4.74 Å². The fourth-order valence-electron chi connectivity index (χ4n) is 1.29. The van der Waals surface area contributed by atoms with Crippen LogP contribution >= 0.6 is 0 Å². The van der Waals surface area contributed by atoms with E-state index in [1.54, 1.807) is 7.11 Å². The van der Waals surface area contributed by atoms with Crippen molar-refractivity contribution in [1.82, 2.24) is 14.9 Å². The number of likely N-dealkylation sites (N-methyl/N-ethyl adjacent to an activating group) is 2. The number of anilines is 2. The van der Waals surface area contributed by atoms with E-state index in [0.29, 0.717) is 17.4 Å². The van der Waals surface area contributed by atoms with Crippen LogP contribution < -0.4 is 15.4 Å². The van der Waals surface area contributed by atoms with E-state index >= 15 is 0 Å². The molecule has 0 fully saturated rings. The van der Waals surface area contributed by atoms with Gasteiger partial charge in [0.2, 0.25) is 5.88 Å². The van der Waals surface area contributed by atoms with Crippen LogP contribution in [-0.2, 0) is 0 Å². The van der Waals surface area contributed by atoms with E-state index in [1.807, 2.05) is 26.0 Å². The zero-order valence-electron chi connectivity index (χ0n) is 10.3. The normalized spacial score (nSPS) is 10.6. The van der Waals surface area contributed by atoms with Crippen molar-refractivity contribution >= 4 is 11.5 Å². The quantitative estimate of drug-likeness (QED) is 0.764. The topological polar surface area (TPSA) is 67.5 Å². The van der Waals surface area contributed by atoms with Gasteiger partial charge in [-0.3, -0.25) is 0 Å². The first-order chi connectivity index (χ1) is 7.56. The van der Waals surface area contributed by atoms with Crippen LogP contribution in [0.25, 0.3) is 0 Å². The average molecular weight is 225 g/mol. The molecule has 0 saturated heterocycles. The first-order valence-corrected chi connectivity index (χ1v) is 5.06. The molecule has 0 aromatic carbocycles. The van der Waals surface area contributed by atoms with Gasteiger partial charge in [-0.25, -0.2) is 4.98 Å². The van der Waals surface area contributed by atoms with Gasteiger partial charge in [-0.05, 0) is 14.1 Å². The van der Waals surface area contributed by atoms with Crippen LogP contribution in [0.2, 0.25) is 0 Å². The molecule has 16 heavy (non-hydrogen) atoms. The molecule has 0 bridgehead atoms. The van der Waals surface area contributed by atoms with Crippen LogP contribution in [0, 0.1) is 0 Å². The Morgan fingerprint density at radius 2 is 1.94 bits per heavy atom. The Morgan fingerprint density at radius 1 is 1.25 bits per heavy atom. The van der Waals surface area contributed by atoms with Gasteiger partial charge < -0.3 is 20.3 Å². The molecule has 0 spiro atoms. The molecule has 0 amide bonds. The molecule has 1 aromatic rings. The van der Waals surface area contributed by atoms with Crippen molar-refractivity contribution in [3.63, 3.8) is 0 Å². The first kappa shape index (κ1) is 12.5. The number of aromatic nitrogens is 2. The maximum Gasteiger partial charge on any atom is 0.242 e. The number of hydrogen-bond donors (Lipinski definition) is 1. The molecule has 0 aliphatic heterocycles. The number of nitrogen functional groups attached to an aromatic ring is 1. The third-order valence-corrected chi connectivity index (χ3v) is 2.26. The number of ether oxygens (including phenoxy) is 1. The molecule has 0 aliphatic rings. The molecule has 2 N–H and O–H groups in total. The summed E-state index contributed by atoms with van der Waals surface area (Å²) in [6, 6.07) is 0. The van der Waals surface area contributed by atoms with Crippen molar-refractivity contribution in [2.24, 2.45) is 0 Å². The number of nitrogens with zero attached hydrogens (tertiary/aromatic N) is 4. The van der Waals surface area contributed by atoms with Crippen LogP contribution in [-0.4, -0.2) is 56.2 Å². The first-order valence-electron chi connectivity index (χ1n) is 5.06. The fraction of sp³-hybridized carbons (Fsp3) is 0.600. The second kappa shape index (κ2) is 5.50. The van der Waals surface area contributed by atoms with Crippen molar-refractivity contribution in [3.05, 3.63) is 6.33 Å². The number of rotatable bonds is 5. The van der Waals surface area contributed by atoms with Crippen molar-refractivity contribution in [1.29, 1.82) is 0 Å². The third-order valence-electron chi connectivity index (χ3n) is 2.26. The van der Waals surface area contributed by atoms with Gasteiger partial charge in [0.1, 0.15) is 12.0 Å². The minimum absolute atomic E-state index is 0.418. The SMILES string of the molecule is COc1ncnc(N(C)CCN(C)C)c1N. The number of methoxy groups -OCH3 is 1. The summed E-state index contributed by atoms with van der Waals surface area (Å²) >= 11 is 0. The van der Waals surface area contributed by atoms with Gasteiger partial charge in [-0.15, -0.1) is 0 Å². The van der Waals surface area contributed by atoms with Gasteiger partial charge in [-0.2, -0.15) is 4.98 Å². The predicted octanol–water partition coefficient (Wildman–Crippen LogP) is 0.0652. The van der Waals surface area contributed by atoms with Crippen LogP contribution in [0.15, 0.2) is 6.33 Å². The van der Waals surface area contributed by atoms with E-state index < -0.39 is 0 Å². The minimum Gasteiger partial charge on any atom is -0.479 e. The predicted molar refractivity (Wildman–Crippen MR) is 64.8 cm³/mol. The molecule has 90 valence electrons. The highest BCUT2D eigenvalue weighted by Gasteiger charge is 2.12. The Balaban J connectivity index is 2.78. The van der Waals surface area contributed by atoms with Crippen molar-refractivity contribution in [3.8, 4) is 5.88 Å². The van der Waals surface area contributed by atoms with Gasteiger partial charge in [0, 0.05) is 20.1 Å². The molecule has 0 saturated carbocycles. The van der Waals surface area contributed by atoms with Crippen molar-refractivity contribution in [2.45, 2.75) is 0 Å². The second-order valence-corrected chi connectivity index (χ2v) is 3.85. The Bertz CT molecular complexity index is 342. The van der Waals surface area contributed by atoms with Crippen LogP contribution in [0.1, 0.15) is 0 Å². The summed E-state index contributed by atoms with van der Waals surface area (Å²) < 4.78 is 5.05. The van der Waals surface area contributed by atoms with E-state index in [9.17, 15) is 0 Å². The second-order valence-electron chi connectivity index (χ2n) is 3.85. The van der Waals surface area contributed by atoms with Gasteiger partial charge >= 0.3 is 0 Å². The van der Waals surface area contributed by atoms with Gasteiger partial charge in [0.15, 0.2) is 5.82 Å². The lowest BCUT2D eigenvalue weighted by Crippen LogP contribution is -2.29. The molecular weight excluding hydrogens is 206 g/mol. The van der Waals surface area contributed by atoms with Crippen LogP contribution in [0.5, 0.6) is 5.88 Å². The molecule has 0 radical (unpaired) electrons. The molecule has 1 aromatic heterocycles. The Hall–Kier alpha value is -1.56. The summed E-state index contributed by atoms with van der Waals surface area (Å²) in [5, 5.41) is 0. The lowest BCUT2D eigenvalue weighted by atomic mass is 10.4. The third kappa shape index (κ3) is 2.96. The lowest BCUT2D eigenvalue weighted by molar-refractivity contribution is 0.398. The molecule has 6 heteroatoms. The zero-order valence-corrected chi connectivity index (χ0v) is 10.3. The Labute approximate surface area is 96.0 Å². The van der Waals surface area contributed by atoms with E-state index in [0.717, 1.165) is 13.1 Å². The summed E-state index contributed by atoms with van der Waals surface area (Å²) in [4.78, 5) is 12.2.